The van der Waals surface area contributed by atoms with E-state index in [9.17, 15) is 27.6 Å². The predicted octanol–water partition coefficient (Wildman–Crippen LogP) is -1.06. The van der Waals surface area contributed by atoms with E-state index >= 15 is 0 Å². The minimum absolute atomic E-state index is 2.73. The number of hydrogen-bond acceptors (Lipinski definition) is 4. The lowest BCUT2D eigenvalue weighted by Crippen LogP contribution is -2.65. The third kappa shape index (κ3) is 1.78. The van der Waals surface area contributed by atoms with Crippen molar-refractivity contribution in [2.24, 2.45) is 0 Å². The molecule has 0 saturated heterocycles. The van der Waals surface area contributed by atoms with Crippen LogP contribution in [0.5, 0.6) is 0 Å². The first-order valence-electron chi connectivity index (χ1n) is 3.43. The van der Waals surface area contributed by atoms with Crippen molar-refractivity contribution in [3.8, 4) is 0 Å². The van der Waals surface area contributed by atoms with Gasteiger partial charge in [-0.15, -0.1) is 0 Å². The van der Waals surface area contributed by atoms with Gasteiger partial charge in [0.1, 0.15) is 0 Å². The Balaban J connectivity index is 5.71. The highest BCUT2D eigenvalue weighted by Crippen LogP contribution is 2.34. The third-order valence-corrected chi connectivity index (χ3v) is 1.66. The lowest BCUT2D eigenvalue weighted by molar-refractivity contribution is -0.234. The van der Waals surface area contributed by atoms with E-state index in [1.54, 1.807) is 0 Å². The van der Waals surface area contributed by atoms with Crippen LogP contribution in [-0.4, -0.2) is 56.0 Å². The van der Waals surface area contributed by atoms with Gasteiger partial charge in [-0.05, 0) is 0 Å². The van der Waals surface area contributed by atoms with E-state index in [1.807, 2.05) is 0 Å². The lowest BCUT2D eigenvalue weighted by Gasteiger charge is -2.29. The second kappa shape index (κ2) is 3.96. The van der Waals surface area contributed by atoms with Crippen molar-refractivity contribution in [2.75, 3.05) is 0 Å². The van der Waals surface area contributed by atoms with E-state index in [1.165, 1.54) is 0 Å². The number of hydrogen-bond donors (Lipinski definition) is 4. The average Bonchev–Trinajstić information content (AvgIpc) is 2.14. The molecule has 0 heterocycles. The van der Waals surface area contributed by atoms with Gasteiger partial charge in [-0.2, -0.15) is 8.78 Å². The summed E-state index contributed by atoms with van der Waals surface area (Å²) in [5, 5.41) is 32.8. The summed E-state index contributed by atoms with van der Waals surface area (Å²) in [6.45, 7) is 0. The number of rotatable bonds is 5. The molecule has 0 bridgehead atoms. The first kappa shape index (κ1) is 14.2. The SMILES string of the molecule is O=C(O)C(F)C(O)(C(=O)O)C(F)(F)C(=O)O. The number of alkyl halides is 3. The molecule has 0 fully saturated rings. The van der Waals surface area contributed by atoms with Crippen molar-refractivity contribution < 1.29 is 48.0 Å². The van der Waals surface area contributed by atoms with E-state index in [-0.39, 0.29) is 0 Å². The van der Waals surface area contributed by atoms with Gasteiger partial charge in [0.05, 0.1) is 0 Å². The van der Waals surface area contributed by atoms with Crippen LogP contribution in [-0.2, 0) is 14.4 Å². The van der Waals surface area contributed by atoms with Crippen LogP contribution in [0.25, 0.3) is 0 Å². The van der Waals surface area contributed by atoms with Gasteiger partial charge >= 0.3 is 23.8 Å². The maximum absolute atomic E-state index is 12.7. The number of halogens is 3. The Bertz CT molecular complexity index is 341. The molecule has 92 valence electrons. The molecule has 16 heavy (non-hydrogen) atoms. The monoisotopic (exact) mass is 246 g/mol. The normalized spacial score (nSPS) is 17.2. The Hall–Kier alpha value is -1.84. The van der Waals surface area contributed by atoms with Crippen molar-refractivity contribution >= 4 is 17.9 Å². The van der Waals surface area contributed by atoms with Crippen LogP contribution >= 0.6 is 0 Å². The number of carbonyl (C=O) groups is 3. The summed E-state index contributed by atoms with van der Waals surface area (Å²) in [7, 11) is 0. The first-order chi connectivity index (χ1) is 6.99. The second-order valence-electron chi connectivity index (χ2n) is 2.65. The van der Waals surface area contributed by atoms with Gasteiger partial charge in [0.15, 0.2) is 0 Å². The molecule has 2 unspecified atom stereocenters. The summed E-state index contributed by atoms with van der Waals surface area (Å²) in [4.78, 5) is 30.2. The number of aliphatic hydroxyl groups is 1. The van der Waals surface area contributed by atoms with Gasteiger partial charge in [-0.1, -0.05) is 0 Å². The van der Waals surface area contributed by atoms with E-state index in [0.29, 0.717) is 0 Å². The van der Waals surface area contributed by atoms with E-state index in [0.717, 1.165) is 0 Å². The Labute approximate surface area is 84.7 Å². The van der Waals surface area contributed by atoms with E-state index in [4.69, 9.17) is 20.4 Å². The molecule has 0 radical (unpaired) electrons. The Kier molecular flexibility index (Phi) is 3.51. The predicted molar refractivity (Wildman–Crippen MR) is 37.7 cm³/mol. The third-order valence-electron chi connectivity index (χ3n) is 1.66. The second-order valence-corrected chi connectivity index (χ2v) is 2.65. The molecule has 0 aromatic rings. The van der Waals surface area contributed by atoms with Gasteiger partial charge < -0.3 is 20.4 Å². The fourth-order valence-electron chi connectivity index (χ4n) is 0.744. The van der Waals surface area contributed by atoms with Crippen molar-refractivity contribution in [2.45, 2.75) is 17.7 Å². The van der Waals surface area contributed by atoms with Gasteiger partial charge in [0, 0.05) is 0 Å². The molecule has 0 amide bonds. The zero-order valence-corrected chi connectivity index (χ0v) is 7.22. The molecular weight excluding hydrogens is 241 g/mol. The van der Waals surface area contributed by atoms with Crippen LogP contribution in [0.2, 0.25) is 0 Å². The maximum atomic E-state index is 12.7. The van der Waals surface area contributed by atoms with Crippen LogP contribution in [0.1, 0.15) is 0 Å². The van der Waals surface area contributed by atoms with E-state index in [2.05, 4.69) is 0 Å². The number of carboxylic acid groups (broad SMARTS) is 3. The minimum atomic E-state index is -5.50. The fourth-order valence-corrected chi connectivity index (χ4v) is 0.744. The van der Waals surface area contributed by atoms with Crippen molar-refractivity contribution in [1.29, 1.82) is 0 Å². The van der Waals surface area contributed by atoms with E-state index < -0.39 is 35.6 Å². The van der Waals surface area contributed by atoms with Crippen molar-refractivity contribution in [3.63, 3.8) is 0 Å². The van der Waals surface area contributed by atoms with Gasteiger partial charge in [-0.3, -0.25) is 0 Å². The molecule has 0 saturated carbocycles. The number of aliphatic carboxylic acids is 3. The summed E-state index contributed by atoms with van der Waals surface area (Å²) in [5.74, 6) is -14.4. The molecule has 2 atom stereocenters. The molecule has 7 nitrogen and oxygen atoms in total. The smallest absolute Gasteiger partial charge is 0.384 e. The van der Waals surface area contributed by atoms with Gasteiger partial charge in [0.2, 0.25) is 6.17 Å². The quantitative estimate of drug-likeness (QED) is 0.486. The molecule has 0 rings (SSSR count). The van der Waals surface area contributed by atoms with Crippen LogP contribution in [0, 0.1) is 0 Å². The molecular formula is C6H5F3O7. The minimum Gasteiger partial charge on any atom is -0.479 e. The van der Waals surface area contributed by atoms with Gasteiger partial charge in [0.25, 0.3) is 5.60 Å². The van der Waals surface area contributed by atoms with Crippen molar-refractivity contribution in [1.82, 2.24) is 0 Å². The molecule has 0 aliphatic rings. The fraction of sp³-hybridized carbons (Fsp3) is 0.500. The molecule has 0 spiro atoms. The zero-order valence-electron chi connectivity index (χ0n) is 7.22. The molecule has 0 aliphatic heterocycles. The summed E-state index contributed by atoms with van der Waals surface area (Å²) in [6.07, 6.45) is -4.00. The first-order valence-corrected chi connectivity index (χ1v) is 3.43. The Morgan fingerprint density at radius 2 is 1.38 bits per heavy atom. The standard InChI is InChI=1S/C6H5F3O7/c7-1(2(10)11)5(16,3(12)13)6(8,9)4(14)15/h1,16H,(H,10,11)(H,12,13)(H,14,15). The highest BCUT2D eigenvalue weighted by Gasteiger charge is 2.71. The molecule has 4 N–H and O–H groups in total. The molecule has 10 heteroatoms. The van der Waals surface area contributed by atoms with Crippen LogP contribution < -0.4 is 0 Å². The summed E-state index contributed by atoms with van der Waals surface area (Å²) >= 11 is 0. The summed E-state index contributed by atoms with van der Waals surface area (Å²) in [5.41, 5.74) is -4.88. The van der Waals surface area contributed by atoms with Crippen molar-refractivity contribution in [3.05, 3.63) is 0 Å². The summed E-state index contributed by atoms with van der Waals surface area (Å²) in [6, 6.07) is 0. The molecule has 0 aliphatic carbocycles. The largest absolute Gasteiger partial charge is 0.479 e. The molecule has 0 aromatic carbocycles. The Morgan fingerprint density at radius 1 is 1.00 bits per heavy atom. The van der Waals surface area contributed by atoms with Gasteiger partial charge in [-0.25, -0.2) is 18.8 Å². The maximum Gasteiger partial charge on any atom is 0.384 e. The zero-order chi connectivity index (χ0) is 13.3. The van der Waals surface area contributed by atoms with Crippen LogP contribution in [0.3, 0.4) is 0 Å². The summed E-state index contributed by atoms with van der Waals surface area (Å²) < 4.78 is 38.2. The highest BCUT2D eigenvalue weighted by atomic mass is 19.3. The lowest BCUT2D eigenvalue weighted by atomic mass is 9.90. The topological polar surface area (TPSA) is 132 Å². The number of carboxylic acids is 3. The Morgan fingerprint density at radius 3 is 1.56 bits per heavy atom. The average molecular weight is 246 g/mol. The molecule has 0 aromatic heterocycles. The van der Waals surface area contributed by atoms with Crippen LogP contribution in [0.4, 0.5) is 13.2 Å². The van der Waals surface area contributed by atoms with Crippen LogP contribution in [0.15, 0.2) is 0 Å². The highest BCUT2D eigenvalue weighted by molar-refractivity contribution is 5.94.